The lowest BCUT2D eigenvalue weighted by molar-refractivity contribution is -0.128. The van der Waals surface area contributed by atoms with Crippen LogP contribution in [0.1, 0.15) is 28.3 Å². The number of nitrogens with zero attached hydrogens (tertiary/aromatic N) is 2. The highest BCUT2D eigenvalue weighted by Gasteiger charge is 2.43. The third-order valence-electron chi connectivity index (χ3n) is 6.00. The van der Waals surface area contributed by atoms with Gasteiger partial charge in [-0.25, -0.2) is 0 Å². The van der Waals surface area contributed by atoms with E-state index >= 15 is 0 Å². The molecule has 1 fully saturated rings. The van der Waals surface area contributed by atoms with E-state index in [1.54, 1.807) is 37.3 Å². The van der Waals surface area contributed by atoms with Gasteiger partial charge in [0.25, 0.3) is 5.91 Å². The number of benzene rings is 3. The molecule has 3 aromatic rings. The van der Waals surface area contributed by atoms with Gasteiger partial charge < -0.3 is 9.47 Å². The van der Waals surface area contributed by atoms with Crippen LogP contribution in [0.5, 0.6) is 11.5 Å². The largest absolute Gasteiger partial charge is 0.497 e. The number of piperazine rings is 1. The second-order valence-electron chi connectivity index (χ2n) is 8.33. The first kappa shape index (κ1) is 22.4. The molecule has 6 nitrogen and oxygen atoms in total. The predicted octanol–water partition coefficient (Wildman–Crippen LogP) is 4.75. The van der Waals surface area contributed by atoms with Crippen LogP contribution in [0.15, 0.2) is 60.7 Å². The second-order valence-corrected chi connectivity index (χ2v) is 8.33. The lowest BCUT2D eigenvalue weighted by atomic mass is 9.97. The number of aryl methyl sites for hydroxylation is 3. The fraction of sp³-hybridized carbons (Fsp3) is 0.259. The van der Waals surface area contributed by atoms with E-state index < -0.39 is 6.04 Å². The summed E-state index contributed by atoms with van der Waals surface area (Å²) in [5.41, 5.74) is 5.12. The minimum Gasteiger partial charge on any atom is -0.497 e. The molecule has 170 valence electrons. The summed E-state index contributed by atoms with van der Waals surface area (Å²) in [5.74, 6) is 0.705. The predicted molar refractivity (Wildman–Crippen MR) is 129 cm³/mol. The standard InChI is InChI=1S/C27H28N2O4/c1-17-6-9-20(10-7-17)26-27(31)28(23-15-21(32-4)11-13-24(23)33-5)16-25(30)29(26)22-12-8-18(2)14-19(22)3/h6-15,26H,16H2,1-5H3/t26-/m0/s1. The van der Waals surface area contributed by atoms with Crippen molar-refractivity contribution < 1.29 is 19.1 Å². The smallest absolute Gasteiger partial charge is 0.255 e. The van der Waals surface area contributed by atoms with E-state index in [0.29, 0.717) is 17.2 Å². The molecule has 0 N–H and O–H groups in total. The van der Waals surface area contributed by atoms with E-state index in [2.05, 4.69) is 0 Å². The third-order valence-corrected chi connectivity index (χ3v) is 6.00. The summed E-state index contributed by atoms with van der Waals surface area (Å²) in [6, 6.07) is 18.1. The molecule has 0 bridgehead atoms. The van der Waals surface area contributed by atoms with Crippen LogP contribution in [-0.4, -0.2) is 32.6 Å². The third kappa shape index (κ3) is 4.16. The van der Waals surface area contributed by atoms with E-state index in [0.717, 1.165) is 27.9 Å². The van der Waals surface area contributed by atoms with Gasteiger partial charge in [0.15, 0.2) is 0 Å². The Bertz CT molecular complexity index is 1200. The summed E-state index contributed by atoms with van der Waals surface area (Å²) in [7, 11) is 3.10. The van der Waals surface area contributed by atoms with Crippen LogP contribution < -0.4 is 19.3 Å². The first-order valence-corrected chi connectivity index (χ1v) is 10.8. The number of hydrogen-bond acceptors (Lipinski definition) is 4. The normalized spacial score (nSPS) is 16.2. The molecule has 0 spiro atoms. The number of methoxy groups -OCH3 is 2. The molecule has 6 heteroatoms. The topological polar surface area (TPSA) is 59.1 Å². The number of anilines is 2. The van der Waals surface area contributed by atoms with Crippen LogP contribution in [0.2, 0.25) is 0 Å². The molecule has 1 saturated heterocycles. The number of carbonyl (C=O) groups excluding carboxylic acids is 2. The Hall–Kier alpha value is -3.80. The van der Waals surface area contributed by atoms with Gasteiger partial charge in [0, 0.05) is 11.8 Å². The zero-order valence-electron chi connectivity index (χ0n) is 19.6. The van der Waals surface area contributed by atoms with Crippen molar-refractivity contribution in [3.05, 3.63) is 82.9 Å². The Morgan fingerprint density at radius 3 is 2.12 bits per heavy atom. The van der Waals surface area contributed by atoms with Crippen LogP contribution >= 0.6 is 0 Å². The monoisotopic (exact) mass is 444 g/mol. The fourth-order valence-corrected chi connectivity index (χ4v) is 4.29. The molecular weight excluding hydrogens is 416 g/mol. The molecule has 1 atom stereocenters. The van der Waals surface area contributed by atoms with Crippen molar-refractivity contribution in [2.45, 2.75) is 26.8 Å². The molecule has 1 aliphatic heterocycles. The van der Waals surface area contributed by atoms with E-state index in [1.807, 2.05) is 63.2 Å². The Kier molecular flexibility index (Phi) is 6.09. The van der Waals surface area contributed by atoms with Gasteiger partial charge in [-0.05, 0) is 50.1 Å². The number of hydrogen-bond donors (Lipinski definition) is 0. The summed E-state index contributed by atoms with van der Waals surface area (Å²) in [6.45, 7) is 5.86. The van der Waals surface area contributed by atoms with Crippen molar-refractivity contribution in [2.75, 3.05) is 30.6 Å². The number of carbonyl (C=O) groups is 2. The molecule has 0 aromatic heterocycles. The molecule has 0 radical (unpaired) electrons. The Labute approximate surface area is 194 Å². The average molecular weight is 445 g/mol. The van der Waals surface area contributed by atoms with Crippen molar-refractivity contribution in [3.8, 4) is 11.5 Å². The van der Waals surface area contributed by atoms with Crippen molar-refractivity contribution in [1.82, 2.24) is 0 Å². The minimum atomic E-state index is -0.802. The molecule has 0 saturated carbocycles. The SMILES string of the molecule is COc1ccc(OC)c(N2CC(=O)N(c3ccc(C)cc3C)[C@@H](c3ccc(C)cc3)C2=O)c1. The quantitative estimate of drug-likeness (QED) is 0.570. The van der Waals surface area contributed by atoms with E-state index in [-0.39, 0.29) is 18.4 Å². The summed E-state index contributed by atoms with van der Waals surface area (Å²) in [4.78, 5) is 30.8. The molecule has 2 amide bonds. The van der Waals surface area contributed by atoms with E-state index in [1.165, 1.54) is 4.90 Å². The first-order valence-electron chi connectivity index (χ1n) is 10.8. The van der Waals surface area contributed by atoms with Crippen molar-refractivity contribution in [1.29, 1.82) is 0 Å². The second kappa shape index (κ2) is 8.98. The van der Waals surface area contributed by atoms with Gasteiger partial charge in [0.05, 0.1) is 19.9 Å². The Balaban J connectivity index is 1.87. The molecule has 0 unspecified atom stereocenters. The van der Waals surface area contributed by atoms with Crippen LogP contribution in [0.3, 0.4) is 0 Å². The van der Waals surface area contributed by atoms with Crippen LogP contribution in [-0.2, 0) is 9.59 Å². The summed E-state index contributed by atoms with van der Waals surface area (Å²) in [6.07, 6.45) is 0. The molecule has 3 aromatic carbocycles. The first-order chi connectivity index (χ1) is 15.8. The highest BCUT2D eigenvalue weighted by Crippen LogP contribution is 2.40. The summed E-state index contributed by atoms with van der Waals surface area (Å²) < 4.78 is 10.9. The van der Waals surface area contributed by atoms with Crippen LogP contribution in [0, 0.1) is 20.8 Å². The van der Waals surface area contributed by atoms with Gasteiger partial charge in [-0.1, -0.05) is 47.5 Å². The molecule has 33 heavy (non-hydrogen) atoms. The summed E-state index contributed by atoms with van der Waals surface area (Å²) >= 11 is 0. The van der Waals surface area contributed by atoms with Crippen molar-refractivity contribution in [3.63, 3.8) is 0 Å². The lowest BCUT2D eigenvalue weighted by Gasteiger charge is -2.41. The van der Waals surface area contributed by atoms with Gasteiger partial charge in [0.1, 0.15) is 24.1 Å². The zero-order chi connectivity index (χ0) is 23.7. The Morgan fingerprint density at radius 1 is 0.788 bits per heavy atom. The minimum absolute atomic E-state index is 0.0992. The van der Waals surface area contributed by atoms with Gasteiger partial charge in [-0.2, -0.15) is 0 Å². The number of rotatable bonds is 5. The summed E-state index contributed by atoms with van der Waals surface area (Å²) in [5, 5.41) is 0. The number of ether oxygens (including phenoxy) is 2. The number of amides is 2. The molecule has 1 heterocycles. The fourth-order valence-electron chi connectivity index (χ4n) is 4.29. The van der Waals surface area contributed by atoms with Gasteiger partial charge in [-0.15, -0.1) is 0 Å². The maximum Gasteiger partial charge on any atom is 0.255 e. The van der Waals surface area contributed by atoms with Crippen LogP contribution in [0.4, 0.5) is 11.4 Å². The van der Waals surface area contributed by atoms with E-state index in [4.69, 9.17) is 9.47 Å². The zero-order valence-corrected chi connectivity index (χ0v) is 19.6. The highest BCUT2D eigenvalue weighted by molar-refractivity contribution is 6.15. The molecule has 0 aliphatic carbocycles. The molecule has 4 rings (SSSR count). The highest BCUT2D eigenvalue weighted by atomic mass is 16.5. The van der Waals surface area contributed by atoms with Crippen molar-refractivity contribution in [2.24, 2.45) is 0 Å². The average Bonchev–Trinajstić information content (AvgIpc) is 2.81. The van der Waals surface area contributed by atoms with Crippen molar-refractivity contribution >= 4 is 23.2 Å². The van der Waals surface area contributed by atoms with Crippen LogP contribution in [0.25, 0.3) is 0 Å². The molecule has 1 aliphatic rings. The maximum absolute atomic E-state index is 14.0. The molecular formula is C27H28N2O4. The van der Waals surface area contributed by atoms with E-state index in [9.17, 15) is 9.59 Å². The Morgan fingerprint density at radius 2 is 1.48 bits per heavy atom. The lowest BCUT2D eigenvalue weighted by Crippen LogP contribution is -2.56. The maximum atomic E-state index is 14.0. The van der Waals surface area contributed by atoms with Gasteiger partial charge >= 0.3 is 0 Å². The van der Waals surface area contributed by atoms with Gasteiger partial charge in [0.2, 0.25) is 5.91 Å². The van der Waals surface area contributed by atoms with Gasteiger partial charge in [-0.3, -0.25) is 19.4 Å².